The standard InChI is InChI=1S/C32H21NO4/c1-18-16-28(34)37-27-17-20(12-15-22(18)27)19-10-13-21(14-11-19)33-31(35)29-23-6-2-3-7-24(23)30(32(33)36)26-9-5-4-8-25(26)29/h2-17,29-30H,1H3. The number of rotatable bonds is 2. The minimum absolute atomic E-state index is 0.236. The first-order valence-electron chi connectivity index (χ1n) is 12.2. The lowest BCUT2D eigenvalue weighted by molar-refractivity contribution is -0.126. The van der Waals surface area contributed by atoms with Gasteiger partial charge in [-0.3, -0.25) is 9.59 Å². The SMILES string of the molecule is Cc1cc(=O)oc2cc(-c3ccc(N4C(=O)C5c6ccccc6C(C4=O)c4ccccc45)cc3)ccc12. The Labute approximate surface area is 212 Å². The van der Waals surface area contributed by atoms with Crippen LogP contribution in [-0.2, 0) is 9.59 Å². The molecule has 2 aliphatic heterocycles. The molecule has 5 aromatic rings. The molecule has 0 N–H and O–H groups in total. The fourth-order valence-corrected chi connectivity index (χ4v) is 5.87. The summed E-state index contributed by atoms with van der Waals surface area (Å²) in [6, 6.07) is 30.1. The molecule has 1 aromatic heterocycles. The molecule has 0 saturated heterocycles. The van der Waals surface area contributed by atoms with E-state index in [4.69, 9.17) is 4.42 Å². The maximum absolute atomic E-state index is 14.0. The van der Waals surface area contributed by atoms with Crippen LogP contribution in [0.5, 0.6) is 0 Å². The van der Waals surface area contributed by atoms with Gasteiger partial charge in [0.05, 0.1) is 17.5 Å². The van der Waals surface area contributed by atoms with Gasteiger partial charge < -0.3 is 4.42 Å². The molecule has 37 heavy (non-hydrogen) atoms. The van der Waals surface area contributed by atoms with E-state index < -0.39 is 11.8 Å². The van der Waals surface area contributed by atoms with Crippen LogP contribution in [0.3, 0.4) is 0 Å². The van der Waals surface area contributed by atoms with Crippen LogP contribution >= 0.6 is 0 Å². The molecule has 2 bridgehead atoms. The molecule has 0 unspecified atom stereocenters. The van der Waals surface area contributed by atoms with Gasteiger partial charge in [0.2, 0.25) is 11.8 Å². The number of carbonyl (C=O) groups excluding carboxylic acids is 2. The Kier molecular flexibility index (Phi) is 4.57. The average molecular weight is 484 g/mol. The smallest absolute Gasteiger partial charge is 0.336 e. The molecule has 1 aliphatic carbocycles. The number of nitrogens with zero attached hydrogens (tertiary/aromatic N) is 1. The van der Waals surface area contributed by atoms with Gasteiger partial charge in [0.1, 0.15) is 5.58 Å². The van der Waals surface area contributed by atoms with Gasteiger partial charge in [-0.25, -0.2) is 9.69 Å². The van der Waals surface area contributed by atoms with Crippen molar-refractivity contribution in [2.75, 3.05) is 4.90 Å². The Bertz CT molecular complexity index is 1710. The average Bonchev–Trinajstić information content (AvgIpc) is 3.06. The van der Waals surface area contributed by atoms with Crippen LogP contribution in [0, 0.1) is 6.92 Å². The van der Waals surface area contributed by atoms with E-state index in [9.17, 15) is 14.4 Å². The van der Waals surface area contributed by atoms with E-state index in [1.165, 1.54) is 11.0 Å². The minimum atomic E-state index is -0.526. The van der Waals surface area contributed by atoms with Crippen LogP contribution in [0.2, 0.25) is 0 Å². The molecule has 4 aromatic carbocycles. The number of amides is 2. The lowest BCUT2D eigenvalue weighted by atomic mass is 9.73. The summed E-state index contributed by atoms with van der Waals surface area (Å²) in [7, 11) is 0. The molecule has 0 saturated carbocycles. The molecule has 0 fully saturated rings. The normalized spacial score (nSPS) is 18.0. The molecular formula is C32H21NO4. The molecule has 2 amide bonds. The van der Waals surface area contributed by atoms with Gasteiger partial charge in [-0.1, -0.05) is 72.8 Å². The van der Waals surface area contributed by atoms with Gasteiger partial charge in [0.15, 0.2) is 0 Å². The first kappa shape index (κ1) is 21.5. The van der Waals surface area contributed by atoms with E-state index in [-0.39, 0.29) is 17.4 Å². The van der Waals surface area contributed by atoms with E-state index in [0.29, 0.717) is 11.3 Å². The number of imide groups is 1. The molecule has 0 atom stereocenters. The first-order valence-corrected chi connectivity index (χ1v) is 12.2. The molecule has 5 heteroatoms. The number of aryl methyl sites for hydroxylation is 1. The van der Waals surface area contributed by atoms with E-state index in [0.717, 1.165) is 44.3 Å². The Hall–Kier alpha value is -4.77. The highest BCUT2D eigenvalue weighted by molar-refractivity contribution is 6.23. The van der Waals surface area contributed by atoms with Crippen molar-refractivity contribution in [3.8, 4) is 11.1 Å². The van der Waals surface area contributed by atoms with E-state index in [1.54, 1.807) is 0 Å². The lowest BCUT2D eigenvalue weighted by Gasteiger charge is -2.27. The van der Waals surface area contributed by atoms with Gasteiger partial charge in [0, 0.05) is 11.5 Å². The van der Waals surface area contributed by atoms with E-state index in [2.05, 4.69) is 0 Å². The summed E-state index contributed by atoms with van der Waals surface area (Å²) < 4.78 is 5.40. The van der Waals surface area contributed by atoms with Gasteiger partial charge in [-0.15, -0.1) is 0 Å². The summed E-state index contributed by atoms with van der Waals surface area (Å²) in [5, 5.41) is 0.885. The zero-order chi connectivity index (χ0) is 25.3. The van der Waals surface area contributed by atoms with Crippen molar-refractivity contribution in [1.82, 2.24) is 0 Å². The Morgan fingerprint density at radius 3 is 1.68 bits per heavy atom. The second kappa shape index (κ2) is 7.87. The molecule has 8 rings (SSSR count). The van der Waals surface area contributed by atoms with Crippen molar-refractivity contribution in [2.24, 2.45) is 0 Å². The van der Waals surface area contributed by atoms with Crippen LogP contribution in [0.25, 0.3) is 22.1 Å². The largest absolute Gasteiger partial charge is 0.423 e. The molecular weight excluding hydrogens is 462 g/mol. The van der Waals surface area contributed by atoms with Crippen molar-refractivity contribution < 1.29 is 14.0 Å². The number of fused-ring (bicyclic) bond motifs is 3. The number of hydrogen-bond donors (Lipinski definition) is 0. The van der Waals surface area contributed by atoms with E-state index in [1.807, 2.05) is 97.9 Å². The summed E-state index contributed by atoms with van der Waals surface area (Å²) in [5.74, 6) is -1.52. The fourth-order valence-electron chi connectivity index (χ4n) is 5.87. The topological polar surface area (TPSA) is 67.6 Å². The first-order chi connectivity index (χ1) is 18.0. The highest BCUT2D eigenvalue weighted by atomic mass is 16.4. The van der Waals surface area contributed by atoms with Crippen molar-refractivity contribution in [1.29, 1.82) is 0 Å². The highest BCUT2D eigenvalue weighted by Gasteiger charge is 2.48. The summed E-state index contributed by atoms with van der Waals surface area (Å²) >= 11 is 0. The molecule has 0 spiro atoms. The van der Waals surface area contributed by atoms with Crippen LogP contribution in [0.4, 0.5) is 5.69 Å². The van der Waals surface area contributed by atoms with Gasteiger partial charge >= 0.3 is 5.63 Å². The van der Waals surface area contributed by atoms with Crippen molar-refractivity contribution in [3.63, 3.8) is 0 Å². The van der Waals surface area contributed by atoms with Crippen molar-refractivity contribution in [2.45, 2.75) is 18.8 Å². The van der Waals surface area contributed by atoms with Crippen LogP contribution in [0.15, 0.2) is 106 Å². The van der Waals surface area contributed by atoms with Crippen LogP contribution in [0.1, 0.15) is 39.7 Å². The molecule has 178 valence electrons. The molecule has 3 heterocycles. The predicted octanol–water partition coefficient (Wildman–Crippen LogP) is 5.92. The zero-order valence-electron chi connectivity index (χ0n) is 20.0. The quantitative estimate of drug-likeness (QED) is 0.231. The molecule has 5 nitrogen and oxygen atoms in total. The maximum Gasteiger partial charge on any atom is 0.336 e. The lowest BCUT2D eigenvalue weighted by Crippen LogP contribution is -2.38. The fraction of sp³-hybridized carbons (Fsp3) is 0.0938. The third kappa shape index (κ3) is 3.14. The Morgan fingerprint density at radius 1 is 0.622 bits per heavy atom. The zero-order valence-corrected chi connectivity index (χ0v) is 20.0. The monoisotopic (exact) mass is 483 g/mol. The summed E-state index contributed by atoms with van der Waals surface area (Å²) in [6.45, 7) is 1.88. The number of carbonyl (C=O) groups is 2. The second-order valence-electron chi connectivity index (χ2n) is 9.64. The predicted molar refractivity (Wildman–Crippen MR) is 142 cm³/mol. The summed E-state index contributed by atoms with van der Waals surface area (Å²) in [6.07, 6.45) is 0. The van der Waals surface area contributed by atoms with Crippen molar-refractivity contribution in [3.05, 3.63) is 135 Å². The number of hydrogen-bond acceptors (Lipinski definition) is 4. The highest BCUT2D eigenvalue weighted by Crippen LogP contribution is 2.48. The summed E-state index contributed by atoms with van der Waals surface area (Å²) in [5.41, 5.74) is 6.91. The Morgan fingerprint density at radius 2 is 1.14 bits per heavy atom. The van der Waals surface area contributed by atoms with Gasteiger partial charge in [-0.2, -0.15) is 0 Å². The van der Waals surface area contributed by atoms with E-state index >= 15 is 0 Å². The maximum atomic E-state index is 14.0. The van der Waals surface area contributed by atoms with Crippen LogP contribution in [-0.4, -0.2) is 11.8 Å². The molecule has 3 aliphatic rings. The number of benzene rings is 4. The van der Waals surface area contributed by atoms with Crippen LogP contribution < -0.4 is 10.5 Å². The van der Waals surface area contributed by atoms with Crippen molar-refractivity contribution >= 4 is 28.5 Å². The van der Waals surface area contributed by atoms with Gasteiger partial charge in [-0.05, 0) is 64.1 Å². The number of anilines is 1. The Balaban J connectivity index is 1.31. The third-order valence-corrected chi connectivity index (χ3v) is 7.58. The van der Waals surface area contributed by atoms with Gasteiger partial charge in [0.25, 0.3) is 0 Å². The second-order valence-corrected chi connectivity index (χ2v) is 9.64. The molecule has 0 radical (unpaired) electrons. The third-order valence-electron chi connectivity index (χ3n) is 7.58. The summed E-state index contributed by atoms with van der Waals surface area (Å²) in [4.78, 5) is 41.1. The minimum Gasteiger partial charge on any atom is -0.423 e.